The molecule has 0 aliphatic carbocycles. The zero-order valence-corrected chi connectivity index (χ0v) is 9.00. The summed E-state index contributed by atoms with van der Waals surface area (Å²) in [7, 11) is 0. The molecular formula is C11H10F2N2O2. The SMILES string of the molecule is C[C@@H](C#N)CNC(=O)c1c(O)cc(F)cc1F. The molecular weight excluding hydrogens is 230 g/mol. The van der Waals surface area contributed by atoms with E-state index in [0.717, 1.165) is 0 Å². The van der Waals surface area contributed by atoms with Gasteiger partial charge in [-0.15, -0.1) is 0 Å². The van der Waals surface area contributed by atoms with Crippen LogP contribution in [-0.2, 0) is 0 Å². The zero-order chi connectivity index (χ0) is 13.0. The first-order chi connectivity index (χ1) is 7.95. The lowest BCUT2D eigenvalue weighted by atomic mass is 10.1. The smallest absolute Gasteiger partial charge is 0.258 e. The number of benzene rings is 1. The maximum absolute atomic E-state index is 13.2. The lowest BCUT2D eigenvalue weighted by Crippen LogP contribution is -2.28. The van der Waals surface area contributed by atoms with Gasteiger partial charge in [-0.25, -0.2) is 8.78 Å². The lowest BCUT2D eigenvalue weighted by molar-refractivity contribution is 0.0943. The fourth-order valence-corrected chi connectivity index (χ4v) is 1.16. The first kappa shape index (κ1) is 12.9. The molecule has 0 unspecified atom stereocenters. The molecule has 4 nitrogen and oxygen atoms in total. The third-order valence-electron chi connectivity index (χ3n) is 2.05. The van der Waals surface area contributed by atoms with Gasteiger partial charge in [0, 0.05) is 18.7 Å². The van der Waals surface area contributed by atoms with Crippen molar-refractivity contribution in [1.29, 1.82) is 5.26 Å². The minimum absolute atomic E-state index is 0.0194. The topological polar surface area (TPSA) is 73.1 Å². The summed E-state index contributed by atoms with van der Waals surface area (Å²) in [4.78, 5) is 11.5. The van der Waals surface area contributed by atoms with Crippen molar-refractivity contribution in [3.8, 4) is 11.8 Å². The molecule has 1 atom stereocenters. The molecule has 0 heterocycles. The van der Waals surface area contributed by atoms with Crippen molar-refractivity contribution in [2.24, 2.45) is 5.92 Å². The summed E-state index contributed by atoms with van der Waals surface area (Å²) in [6.07, 6.45) is 0. The van der Waals surface area contributed by atoms with E-state index >= 15 is 0 Å². The van der Waals surface area contributed by atoms with Crippen LogP contribution in [0.25, 0.3) is 0 Å². The van der Waals surface area contributed by atoms with E-state index in [-0.39, 0.29) is 6.54 Å². The number of phenolic OH excluding ortho intramolecular Hbond substituents is 1. The summed E-state index contributed by atoms with van der Waals surface area (Å²) in [5.41, 5.74) is -0.628. The molecule has 0 aliphatic heterocycles. The highest BCUT2D eigenvalue weighted by atomic mass is 19.1. The van der Waals surface area contributed by atoms with Gasteiger partial charge in [-0.05, 0) is 6.92 Å². The van der Waals surface area contributed by atoms with E-state index in [2.05, 4.69) is 5.32 Å². The molecule has 0 spiro atoms. The molecule has 90 valence electrons. The minimum atomic E-state index is -1.15. The van der Waals surface area contributed by atoms with Crippen molar-refractivity contribution in [3.05, 3.63) is 29.3 Å². The fraction of sp³-hybridized carbons (Fsp3) is 0.273. The Kier molecular flexibility index (Phi) is 3.99. The largest absolute Gasteiger partial charge is 0.507 e. The number of aromatic hydroxyl groups is 1. The Labute approximate surface area is 96.5 Å². The van der Waals surface area contributed by atoms with Gasteiger partial charge in [0.1, 0.15) is 22.9 Å². The number of nitriles is 1. The van der Waals surface area contributed by atoms with Gasteiger partial charge in [0.15, 0.2) is 0 Å². The highest BCUT2D eigenvalue weighted by Gasteiger charge is 2.18. The third-order valence-corrected chi connectivity index (χ3v) is 2.05. The second kappa shape index (κ2) is 5.25. The van der Waals surface area contributed by atoms with Gasteiger partial charge in [-0.1, -0.05) is 0 Å². The van der Waals surface area contributed by atoms with E-state index in [1.54, 1.807) is 6.92 Å². The van der Waals surface area contributed by atoms with Crippen molar-refractivity contribution in [3.63, 3.8) is 0 Å². The molecule has 0 bridgehead atoms. The van der Waals surface area contributed by atoms with Crippen molar-refractivity contribution in [2.45, 2.75) is 6.92 Å². The number of amides is 1. The normalized spacial score (nSPS) is 11.6. The highest BCUT2D eigenvalue weighted by Crippen LogP contribution is 2.21. The number of phenols is 1. The number of hydrogen-bond donors (Lipinski definition) is 2. The van der Waals surface area contributed by atoms with Crippen LogP contribution in [0.5, 0.6) is 5.75 Å². The molecule has 0 fully saturated rings. The average Bonchev–Trinajstić information content (AvgIpc) is 2.24. The van der Waals surface area contributed by atoms with Crippen LogP contribution in [0.2, 0.25) is 0 Å². The summed E-state index contributed by atoms with van der Waals surface area (Å²) in [5.74, 6) is -4.22. The summed E-state index contributed by atoms with van der Waals surface area (Å²) in [6.45, 7) is 1.59. The summed E-state index contributed by atoms with van der Waals surface area (Å²) >= 11 is 0. The van der Waals surface area contributed by atoms with Crippen molar-refractivity contribution < 1.29 is 18.7 Å². The van der Waals surface area contributed by atoms with Gasteiger partial charge in [0.05, 0.1) is 12.0 Å². The standard InChI is InChI=1S/C11H10F2N2O2/c1-6(4-14)5-15-11(17)10-8(13)2-7(12)3-9(10)16/h2-3,6,16H,5H2,1H3,(H,15,17)/t6-/m0/s1. The number of hydrogen-bond acceptors (Lipinski definition) is 3. The van der Waals surface area contributed by atoms with Gasteiger partial charge < -0.3 is 10.4 Å². The second-order valence-electron chi connectivity index (χ2n) is 3.52. The van der Waals surface area contributed by atoms with Crippen molar-refractivity contribution in [2.75, 3.05) is 6.54 Å². The first-order valence-electron chi connectivity index (χ1n) is 4.81. The number of halogens is 2. The monoisotopic (exact) mass is 240 g/mol. The Morgan fingerprint density at radius 3 is 2.76 bits per heavy atom. The van der Waals surface area contributed by atoms with Crippen LogP contribution in [-0.4, -0.2) is 17.6 Å². The van der Waals surface area contributed by atoms with E-state index in [4.69, 9.17) is 5.26 Å². The van der Waals surface area contributed by atoms with Crippen LogP contribution in [0, 0.1) is 28.9 Å². The quantitative estimate of drug-likeness (QED) is 0.842. The van der Waals surface area contributed by atoms with E-state index in [1.165, 1.54) is 0 Å². The molecule has 6 heteroatoms. The van der Waals surface area contributed by atoms with E-state index in [0.29, 0.717) is 12.1 Å². The molecule has 1 amide bonds. The van der Waals surface area contributed by atoms with Gasteiger partial charge >= 0.3 is 0 Å². The fourth-order valence-electron chi connectivity index (χ4n) is 1.16. The van der Waals surface area contributed by atoms with E-state index < -0.39 is 34.8 Å². The van der Waals surface area contributed by atoms with Gasteiger partial charge in [0.2, 0.25) is 0 Å². The van der Waals surface area contributed by atoms with Crippen LogP contribution in [0.4, 0.5) is 8.78 Å². The molecule has 17 heavy (non-hydrogen) atoms. The molecule has 0 aromatic heterocycles. The zero-order valence-electron chi connectivity index (χ0n) is 9.00. The predicted octanol–water partition coefficient (Wildman–Crippen LogP) is 1.56. The Balaban J connectivity index is 2.87. The molecule has 0 aliphatic rings. The molecule has 0 radical (unpaired) electrons. The summed E-state index contributed by atoms with van der Waals surface area (Å²) in [6, 6.07) is 3.03. The third kappa shape index (κ3) is 3.14. The molecule has 0 saturated heterocycles. The number of carbonyl (C=O) groups excluding carboxylic acids is 1. The Bertz CT molecular complexity index is 460. The Morgan fingerprint density at radius 2 is 2.24 bits per heavy atom. The van der Waals surface area contributed by atoms with Gasteiger partial charge in [-0.3, -0.25) is 4.79 Å². The average molecular weight is 240 g/mol. The molecule has 1 aromatic rings. The first-order valence-corrected chi connectivity index (χ1v) is 4.81. The van der Waals surface area contributed by atoms with Crippen LogP contribution < -0.4 is 5.32 Å². The Hall–Kier alpha value is -2.16. The van der Waals surface area contributed by atoms with E-state index in [9.17, 15) is 18.7 Å². The van der Waals surface area contributed by atoms with Crippen molar-refractivity contribution >= 4 is 5.91 Å². The van der Waals surface area contributed by atoms with Crippen LogP contribution in [0.1, 0.15) is 17.3 Å². The lowest BCUT2D eigenvalue weighted by Gasteiger charge is -2.08. The predicted molar refractivity (Wildman–Crippen MR) is 55.1 cm³/mol. The second-order valence-corrected chi connectivity index (χ2v) is 3.52. The number of nitrogens with one attached hydrogen (secondary N) is 1. The van der Waals surface area contributed by atoms with Crippen LogP contribution >= 0.6 is 0 Å². The van der Waals surface area contributed by atoms with Gasteiger partial charge in [-0.2, -0.15) is 5.26 Å². The number of nitrogens with zero attached hydrogens (tertiary/aromatic N) is 1. The Morgan fingerprint density at radius 1 is 1.59 bits per heavy atom. The maximum Gasteiger partial charge on any atom is 0.258 e. The molecule has 0 saturated carbocycles. The molecule has 1 aromatic carbocycles. The number of rotatable bonds is 3. The minimum Gasteiger partial charge on any atom is -0.507 e. The van der Waals surface area contributed by atoms with Crippen molar-refractivity contribution in [1.82, 2.24) is 5.32 Å². The summed E-state index contributed by atoms with van der Waals surface area (Å²) < 4.78 is 25.9. The highest BCUT2D eigenvalue weighted by molar-refractivity contribution is 5.97. The van der Waals surface area contributed by atoms with Gasteiger partial charge in [0.25, 0.3) is 5.91 Å². The van der Waals surface area contributed by atoms with Crippen LogP contribution in [0.3, 0.4) is 0 Å². The molecule has 1 rings (SSSR count). The number of carbonyl (C=O) groups is 1. The van der Waals surface area contributed by atoms with E-state index in [1.807, 2.05) is 6.07 Å². The maximum atomic E-state index is 13.2. The summed E-state index contributed by atoms with van der Waals surface area (Å²) in [5, 5.41) is 20.0. The van der Waals surface area contributed by atoms with Crippen LogP contribution in [0.15, 0.2) is 12.1 Å². The molecule has 2 N–H and O–H groups in total.